The van der Waals surface area contributed by atoms with E-state index in [0.717, 1.165) is 15.3 Å². The number of carbonyl (C=O) groups excluding carboxylic acids is 1. The van der Waals surface area contributed by atoms with Gasteiger partial charge in [0.05, 0.1) is 10.2 Å². The summed E-state index contributed by atoms with van der Waals surface area (Å²) in [5.41, 5.74) is 0.932. The van der Waals surface area contributed by atoms with Crippen molar-refractivity contribution in [3.05, 3.63) is 23.2 Å². The van der Waals surface area contributed by atoms with Gasteiger partial charge < -0.3 is 10.6 Å². The van der Waals surface area contributed by atoms with Gasteiger partial charge >= 0.3 is 0 Å². The van der Waals surface area contributed by atoms with Gasteiger partial charge in [0, 0.05) is 25.0 Å². The van der Waals surface area contributed by atoms with Crippen LogP contribution in [0.5, 0.6) is 0 Å². The van der Waals surface area contributed by atoms with E-state index in [4.69, 9.17) is 11.6 Å². The molecule has 1 heterocycles. The summed E-state index contributed by atoms with van der Waals surface area (Å²) in [7, 11) is 0. The first kappa shape index (κ1) is 12.1. The highest BCUT2D eigenvalue weighted by atomic mass is 35.5. The van der Waals surface area contributed by atoms with Crippen LogP contribution in [-0.4, -0.2) is 24.0 Å². The largest absolute Gasteiger partial charge is 0.360 e. The molecule has 17 heavy (non-hydrogen) atoms. The van der Waals surface area contributed by atoms with Crippen molar-refractivity contribution in [3.8, 4) is 0 Å². The fourth-order valence-electron chi connectivity index (χ4n) is 1.38. The number of nitrogens with zero attached hydrogens (tertiary/aromatic N) is 1. The number of thiazole rings is 1. The van der Waals surface area contributed by atoms with Gasteiger partial charge in [-0.1, -0.05) is 22.9 Å². The molecule has 0 saturated carbocycles. The number of amides is 1. The Morgan fingerprint density at radius 1 is 1.47 bits per heavy atom. The minimum Gasteiger partial charge on any atom is -0.360 e. The predicted molar refractivity (Wildman–Crippen MR) is 71.8 cm³/mol. The second kappa shape index (κ2) is 5.33. The van der Waals surface area contributed by atoms with Crippen LogP contribution < -0.4 is 10.6 Å². The molecule has 0 atom stereocenters. The Bertz CT molecular complexity index is 540. The quantitative estimate of drug-likeness (QED) is 0.839. The van der Waals surface area contributed by atoms with Crippen LogP contribution in [0.2, 0.25) is 5.02 Å². The molecular formula is C11H12ClN3OS. The third kappa shape index (κ3) is 3.31. The fraction of sp³-hybridized carbons (Fsp3) is 0.273. The molecular weight excluding hydrogens is 258 g/mol. The lowest BCUT2D eigenvalue weighted by Crippen LogP contribution is -2.26. The van der Waals surface area contributed by atoms with Crippen molar-refractivity contribution < 1.29 is 4.79 Å². The highest BCUT2D eigenvalue weighted by Gasteiger charge is 2.03. The maximum absolute atomic E-state index is 10.7. The van der Waals surface area contributed by atoms with Crippen molar-refractivity contribution in [2.45, 2.75) is 6.92 Å². The van der Waals surface area contributed by atoms with Gasteiger partial charge in [-0.05, 0) is 18.2 Å². The third-order valence-electron chi connectivity index (χ3n) is 2.13. The molecule has 0 aliphatic carbocycles. The lowest BCUT2D eigenvalue weighted by atomic mass is 10.3. The zero-order chi connectivity index (χ0) is 12.3. The van der Waals surface area contributed by atoms with Gasteiger partial charge in [-0.2, -0.15) is 0 Å². The number of benzene rings is 1. The van der Waals surface area contributed by atoms with Crippen molar-refractivity contribution in [1.82, 2.24) is 10.3 Å². The van der Waals surface area contributed by atoms with Crippen LogP contribution in [0.3, 0.4) is 0 Å². The minimum absolute atomic E-state index is 0.0251. The van der Waals surface area contributed by atoms with Gasteiger partial charge in [-0.15, -0.1) is 0 Å². The summed E-state index contributed by atoms with van der Waals surface area (Å²) in [6.45, 7) is 2.75. The van der Waals surface area contributed by atoms with E-state index in [1.54, 1.807) is 11.3 Å². The van der Waals surface area contributed by atoms with Crippen molar-refractivity contribution in [1.29, 1.82) is 0 Å². The van der Waals surface area contributed by atoms with Crippen LogP contribution in [0.1, 0.15) is 6.92 Å². The monoisotopic (exact) mass is 269 g/mol. The zero-order valence-corrected chi connectivity index (χ0v) is 10.9. The van der Waals surface area contributed by atoms with E-state index in [0.29, 0.717) is 18.1 Å². The fourth-order valence-corrected chi connectivity index (χ4v) is 2.55. The number of nitrogens with one attached hydrogen (secondary N) is 2. The molecule has 2 N–H and O–H groups in total. The average Bonchev–Trinajstić information content (AvgIpc) is 2.66. The molecule has 0 spiro atoms. The summed E-state index contributed by atoms with van der Waals surface area (Å²) < 4.78 is 1.06. The van der Waals surface area contributed by atoms with Gasteiger partial charge in [-0.25, -0.2) is 4.98 Å². The molecule has 1 aromatic carbocycles. The molecule has 1 aromatic heterocycles. The number of aromatic nitrogens is 1. The number of fused-ring (bicyclic) bond motifs is 1. The number of anilines is 1. The van der Waals surface area contributed by atoms with E-state index < -0.39 is 0 Å². The Kier molecular flexibility index (Phi) is 3.81. The van der Waals surface area contributed by atoms with Gasteiger partial charge in [0.25, 0.3) is 0 Å². The molecule has 0 saturated heterocycles. The number of carbonyl (C=O) groups is 1. The normalized spacial score (nSPS) is 10.5. The SMILES string of the molecule is CC(=O)NCCNc1nc2ccc(Cl)cc2s1. The van der Waals surface area contributed by atoms with Gasteiger partial charge in [0.2, 0.25) is 5.91 Å². The Morgan fingerprint density at radius 2 is 2.29 bits per heavy atom. The summed E-state index contributed by atoms with van der Waals surface area (Å²) in [6.07, 6.45) is 0. The van der Waals surface area contributed by atoms with Crippen LogP contribution >= 0.6 is 22.9 Å². The number of hydrogen-bond acceptors (Lipinski definition) is 4. The lowest BCUT2D eigenvalue weighted by molar-refractivity contribution is -0.118. The van der Waals surface area contributed by atoms with E-state index in [9.17, 15) is 4.79 Å². The highest BCUT2D eigenvalue weighted by Crippen LogP contribution is 2.27. The van der Waals surface area contributed by atoms with Crippen LogP contribution in [0.15, 0.2) is 18.2 Å². The molecule has 4 nitrogen and oxygen atoms in total. The first-order valence-corrected chi connectivity index (χ1v) is 6.39. The first-order valence-electron chi connectivity index (χ1n) is 5.19. The van der Waals surface area contributed by atoms with Gasteiger partial charge in [0.15, 0.2) is 5.13 Å². The van der Waals surface area contributed by atoms with Crippen LogP contribution in [0.25, 0.3) is 10.2 Å². The molecule has 90 valence electrons. The molecule has 2 aromatic rings. The second-order valence-corrected chi connectivity index (χ2v) is 5.01. The van der Waals surface area contributed by atoms with Crippen molar-refractivity contribution in [2.24, 2.45) is 0 Å². The second-order valence-electron chi connectivity index (χ2n) is 3.54. The average molecular weight is 270 g/mol. The molecule has 0 aliphatic heterocycles. The lowest BCUT2D eigenvalue weighted by Gasteiger charge is -2.02. The van der Waals surface area contributed by atoms with Crippen LogP contribution in [0, 0.1) is 0 Å². The highest BCUT2D eigenvalue weighted by molar-refractivity contribution is 7.22. The zero-order valence-electron chi connectivity index (χ0n) is 9.29. The Morgan fingerprint density at radius 3 is 3.06 bits per heavy atom. The number of halogens is 1. The molecule has 0 bridgehead atoms. The van der Waals surface area contributed by atoms with E-state index in [2.05, 4.69) is 15.6 Å². The van der Waals surface area contributed by atoms with E-state index in [1.807, 2.05) is 18.2 Å². The molecule has 6 heteroatoms. The molecule has 2 rings (SSSR count). The van der Waals surface area contributed by atoms with Crippen molar-refractivity contribution >= 4 is 44.2 Å². The summed E-state index contributed by atoms with van der Waals surface area (Å²) in [5.74, 6) is -0.0251. The molecule has 0 fully saturated rings. The topological polar surface area (TPSA) is 54.0 Å². The molecule has 0 unspecified atom stereocenters. The summed E-state index contributed by atoms with van der Waals surface area (Å²) in [5, 5.41) is 7.43. The van der Waals surface area contributed by atoms with E-state index in [-0.39, 0.29) is 5.91 Å². The molecule has 0 aliphatic rings. The summed E-state index contributed by atoms with van der Waals surface area (Å²) >= 11 is 7.45. The van der Waals surface area contributed by atoms with Crippen molar-refractivity contribution in [3.63, 3.8) is 0 Å². The standard InChI is InChI=1S/C11H12ClN3OS/c1-7(16)13-4-5-14-11-15-9-3-2-8(12)6-10(9)17-11/h2-3,6H,4-5H2,1H3,(H,13,16)(H,14,15). The maximum Gasteiger partial charge on any atom is 0.216 e. The van der Waals surface area contributed by atoms with E-state index in [1.165, 1.54) is 6.92 Å². The summed E-state index contributed by atoms with van der Waals surface area (Å²) in [4.78, 5) is 15.1. The van der Waals surface area contributed by atoms with Gasteiger partial charge in [0.1, 0.15) is 0 Å². The molecule has 0 radical (unpaired) electrons. The van der Waals surface area contributed by atoms with Crippen molar-refractivity contribution in [2.75, 3.05) is 18.4 Å². The van der Waals surface area contributed by atoms with Crippen LogP contribution in [-0.2, 0) is 4.79 Å². The Balaban J connectivity index is 1.97. The Hall–Kier alpha value is -1.33. The number of rotatable bonds is 4. The third-order valence-corrected chi connectivity index (χ3v) is 3.34. The first-order chi connectivity index (χ1) is 8.15. The molecule has 1 amide bonds. The summed E-state index contributed by atoms with van der Waals surface area (Å²) in [6, 6.07) is 5.62. The van der Waals surface area contributed by atoms with Crippen LogP contribution in [0.4, 0.5) is 5.13 Å². The maximum atomic E-state index is 10.7. The minimum atomic E-state index is -0.0251. The van der Waals surface area contributed by atoms with E-state index >= 15 is 0 Å². The number of hydrogen-bond donors (Lipinski definition) is 2. The van der Waals surface area contributed by atoms with Gasteiger partial charge in [-0.3, -0.25) is 4.79 Å². The predicted octanol–water partition coefficient (Wildman–Crippen LogP) is 2.50. The smallest absolute Gasteiger partial charge is 0.216 e. The Labute approximate surface area is 108 Å².